The van der Waals surface area contributed by atoms with Crippen LogP contribution >= 0.6 is 0 Å². The van der Waals surface area contributed by atoms with E-state index >= 15 is 0 Å². The molecule has 3 N–H and O–H groups in total. The molecule has 4 nitrogen and oxygen atoms in total. The molecule has 0 aliphatic rings. The van der Waals surface area contributed by atoms with Crippen molar-refractivity contribution >= 4 is 17.9 Å². The number of benzene rings is 1. The monoisotopic (exact) mass is 266 g/mol. The number of hydrogen-bond acceptors (Lipinski definition) is 3. The van der Waals surface area contributed by atoms with Crippen LogP contribution in [-0.4, -0.2) is 18.2 Å². The second-order valence-electron chi connectivity index (χ2n) is 5.07. The van der Waals surface area contributed by atoms with Crippen LogP contribution in [0.25, 0.3) is 6.08 Å². The first-order chi connectivity index (χ1) is 8.78. The summed E-state index contributed by atoms with van der Waals surface area (Å²) in [5.74, 6) is -0.456. The molecule has 1 aromatic carbocycles. The SMILES string of the molecule is CC(C)(C)OC(=O)NCC=Cc1ccc(N)c(F)c1. The molecule has 0 fully saturated rings. The molecule has 0 saturated carbocycles. The van der Waals surface area contributed by atoms with Crippen molar-refractivity contribution in [2.75, 3.05) is 12.3 Å². The van der Waals surface area contributed by atoms with Crippen molar-refractivity contribution in [3.63, 3.8) is 0 Å². The summed E-state index contributed by atoms with van der Waals surface area (Å²) >= 11 is 0. The highest BCUT2D eigenvalue weighted by Crippen LogP contribution is 2.12. The minimum Gasteiger partial charge on any atom is -0.444 e. The van der Waals surface area contributed by atoms with Gasteiger partial charge >= 0.3 is 6.09 Å². The second kappa shape index (κ2) is 6.22. The maximum atomic E-state index is 13.2. The fourth-order valence-corrected chi connectivity index (χ4v) is 1.30. The van der Waals surface area contributed by atoms with Crippen LogP contribution in [0.3, 0.4) is 0 Å². The fraction of sp³-hybridized carbons (Fsp3) is 0.357. The highest BCUT2D eigenvalue weighted by molar-refractivity contribution is 5.68. The third kappa shape index (κ3) is 5.90. The number of rotatable bonds is 3. The molecule has 1 aromatic rings. The van der Waals surface area contributed by atoms with Gasteiger partial charge in [-0.05, 0) is 38.5 Å². The van der Waals surface area contributed by atoms with Crippen LogP contribution in [-0.2, 0) is 4.74 Å². The molecular formula is C14H19FN2O2. The molecule has 1 rings (SSSR count). The number of nitrogen functional groups attached to an aromatic ring is 1. The summed E-state index contributed by atoms with van der Waals surface area (Å²) in [4.78, 5) is 11.3. The summed E-state index contributed by atoms with van der Waals surface area (Å²) in [5, 5.41) is 2.57. The highest BCUT2D eigenvalue weighted by Gasteiger charge is 2.14. The lowest BCUT2D eigenvalue weighted by Gasteiger charge is -2.19. The Morgan fingerprint density at radius 2 is 2.16 bits per heavy atom. The van der Waals surface area contributed by atoms with Gasteiger partial charge in [-0.25, -0.2) is 9.18 Å². The Hall–Kier alpha value is -2.04. The molecule has 0 radical (unpaired) electrons. The molecule has 0 spiro atoms. The van der Waals surface area contributed by atoms with Crippen LogP contribution in [0.1, 0.15) is 26.3 Å². The predicted octanol–water partition coefficient (Wildman–Crippen LogP) is 2.95. The Morgan fingerprint density at radius 3 is 2.74 bits per heavy atom. The molecular weight excluding hydrogens is 247 g/mol. The van der Waals surface area contributed by atoms with Gasteiger partial charge in [-0.2, -0.15) is 0 Å². The molecule has 0 aliphatic heterocycles. The lowest BCUT2D eigenvalue weighted by molar-refractivity contribution is 0.0534. The van der Waals surface area contributed by atoms with E-state index in [-0.39, 0.29) is 5.69 Å². The average molecular weight is 266 g/mol. The van der Waals surface area contributed by atoms with E-state index in [4.69, 9.17) is 10.5 Å². The Morgan fingerprint density at radius 1 is 1.47 bits per heavy atom. The Labute approximate surface area is 112 Å². The number of hydrogen-bond donors (Lipinski definition) is 2. The zero-order chi connectivity index (χ0) is 14.5. The quantitative estimate of drug-likeness (QED) is 0.827. The molecule has 0 bridgehead atoms. The van der Waals surface area contributed by atoms with Crippen LogP contribution in [0.5, 0.6) is 0 Å². The lowest BCUT2D eigenvalue weighted by Crippen LogP contribution is -2.32. The standard InChI is InChI=1S/C14H19FN2O2/c1-14(2,3)19-13(18)17-8-4-5-10-6-7-12(16)11(15)9-10/h4-7,9H,8,16H2,1-3H3,(H,17,18). The van der Waals surface area contributed by atoms with E-state index in [0.717, 1.165) is 0 Å². The van der Waals surface area contributed by atoms with Crippen molar-refractivity contribution in [1.29, 1.82) is 0 Å². The number of ether oxygens (including phenoxy) is 1. The van der Waals surface area contributed by atoms with E-state index < -0.39 is 17.5 Å². The largest absolute Gasteiger partial charge is 0.444 e. The normalized spacial score (nSPS) is 11.6. The van der Waals surface area contributed by atoms with Crippen LogP contribution in [0.2, 0.25) is 0 Å². The number of amides is 1. The van der Waals surface area contributed by atoms with E-state index in [9.17, 15) is 9.18 Å². The number of anilines is 1. The summed E-state index contributed by atoms with van der Waals surface area (Å²) in [5.41, 5.74) is 5.64. The van der Waals surface area contributed by atoms with Crippen molar-refractivity contribution in [1.82, 2.24) is 5.32 Å². The van der Waals surface area contributed by atoms with Crippen molar-refractivity contribution in [2.45, 2.75) is 26.4 Å². The minimum absolute atomic E-state index is 0.115. The van der Waals surface area contributed by atoms with Crippen molar-refractivity contribution in [3.05, 3.63) is 35.7 Å². The average Bonchev–Trinajstić information content (AvgIpc) is 2.27. The number of carbonyl (C=O) groups is 1. The smallest absolute Gasteiger partial charge is 0.407 e. The van der Waals surface area contributed by atoms with Crippen molar-refractivity contribution in [3.8, 4) is 0 Å². The van der Waals surface area contributed by atoms with Gasteiger partial charge in [-0.3, -0.25) is 0 Å². The van der Waals surface area contributed by atoms with E-state index in [1.807, 2.05) is 0 Å². The molecule has 5 heteroatoms. The molecule has 19 heavy (non-hydrogen) atoms. The molecule has 0 unspecified atom stereocenters. The van der Waals surface area contributed by atoms with Gasteiger partial charge in [0, 0.05) is 6.54 Å². The number of nitrogens with one attached hydrogen (secondary N) is 1. The summed E-state index contributed by atoms with van der Waals surface area (Å²) in [6.45, 7) is 5.68. The first-order valence-corrected chi connectivity index (χ1v) is 5.96. The van der Waals surface area contributed by atoms with Crippen LogP contribution in [0.15, 0.2) is 24.3 Å². The van der Waals surface area contributed by atoms with Gasteiger partial charge < -0.3 is 15.8 Å². The van der Waals surface area contributed by atoms with Crippen LogP contribution in [0.4, 0.5) is 14.9 Å². The third-order valence-electron chi connectivity index (χ3n) is 2.10. The number of alkyl carbamates (subject to hydrolysis) is 1. The van der Waals surface area contributed by atoms with Crippen molar-refractivity contribution < 1.29 is 13.9 Å². The second-order valence-corrected chi connectivity index (χ2v) is 5.07. The molecule has 0 aromatic heterocycles. The maximum absolute atomic E-state index is 13.2. The summed E-state index contributed by atoms with van der Waals surface area (Å²) in [7, 11) is 0. The number of nitrogens with two attached hydrogens (primary N) is 1. The first-order valence-electron chi connectivity index (χ1n) is 5.96. The van der Waals surface area contributed by atoms with Gasteiger partial charge in [-0.1, -0.05) is 18.2 Å². The molecule has 0 aliphatic carbocycles. The number of halogens is 1. The van der Waals surface area contributed by atoms with Crippen LogP contribution < -0.4 is 11.1 Å². The molecule has 0 heterocycles. The highest BCUT2D eigenvalue weighted by atomic mass is 19.1. The van der Waals surface area contributed by atoms with Gasteiger partial charge in [0.2, 0.25) is 0 Å². The van der Waals surface area contributed by atoms with E-state index in [2.05, 4.69) is 5.32 Å². The van der Waals surface area contributed by atoms with Crippen LogP contribution in [0, 0.1) is 5.82 Å². The fourth-order valence-electron chi connectivity index (χ4n) is 1.30. The zero-order valence-electron chi connectivity index (χ0n) is 11.4. The zero-order valence-corrected chi connectivity index (χ0v) is 11.4. The predicted molar refractivity (Wildman–Crippen MR) is 74.1 cm³/mol. The van der Waals surface area contributed by atoms with E-state index in [1.165, 1.54) is 12.1 Å². The van der Waals surface area contributed by atoms with Crippen molar-refractivity contribution in [2.24, 2.45) is 0 Å². The topological polar surface area (TPSA) is 64.3 Å². The minimum atomic E-state index is -0.520. The molecule has 1 amide bonds. The Bertz CT molecular complexity index is 479. The molecule has 0 saturated heterocycles. The third-order valence-corrected chi connectivity index (χ3v) is 2.10. The molecule has 0 atom stereocenters. The van der Waals surface area contributed by atoms with Gasteiger partial charge in [0.25, 0.3) is 0 Å². The number of carbonyl (C=O) groups excluding carboxylic acids is 1. The van der Waals surface area contributed by atoms with Gasteiger partial charge in [0.1, 0.15) is 11.4 Å². The lowest BCUT2D eigenvalue weighted by atomic mass is 10.2. The summed E-state index contributed by atoms with van der Waals surface area (Å²) < 4.78 is 18.2. The molecule has 104 valence electrons. The summed E-state index contributed by atoms with van der Waals surface area (Å²) in [6.07, 6.45) is 2.91. The Kier molecular flexibility index (Phi) is 4.92. The van der Waals surface area contributed by atoms with Gasteiger partial charge in [0.15, 0.2) is 0 Å². The van der Waals surface area contributed by atoms with E-state index in [1.54, 1.807) is 39.0 Å². The Balaban J connectivity index is 2.42. The summed E-state index contributed by atoms with van der Waals surface area (Å²) in [6, 6.07) is 4.53. The van der Waals surface area contributed by atoms with Gasteiger partial charge in [-0.15, -0.1) is 0 Å². The first kappa shape index (κ1) is 15.0. The van der Waals surface area contributed by atoms with Gasteiger partial charge in [0.05, 0.1) is 5.69 Å². The maximum Gasteiger partial charge on any atom is 0.407 e. The van der Waals surface area contributed by atoms with E-state index in [0.29, 0.717) is 12.1 Å².